The van der Waals surface area contributed by atoms with Gasteiger partial charge < -0.3 is 10.0 Å². The number of rotatable bonds is 3. The largest absolute Gasteiger partial charge is 0.452 e. The Labute approximate surface area is 48.1 Å². The predicted octanol–water partition coefficient (Wildman–Crippen LogP) is -0.178. The second kappa shape index (κ2) is 4.49. The number of hydrogen-bond donors (Lipinski definition) is 2. The molecule has 0 bridgehead atoms. The molecule has 0 radical (unpaired) electrons. The van der Waals surface area contributed by atoms with Crippen LogP contribution >= 0.6 is 11.8 Å². The van der Waals surface area contributed by atoms with Crippen LogP contribution in [0.3, 0.4) is 0 Å². The normalized spacial score (nSPS) is 9.00. The summed E-state index contributed by atoms with van der Waals surface area (Å²) in [6.07, 6.45) is 2.41. The molecule has 2 N–H and O–H groups in total. The molecule has 0 saturated heterocycles. The van der Waals surface area contributed by atoms with Crippen LogP contribution in [0.15, 0.2) is 0 Å². The van der Waals surface area contributed by atoms with E-state index in [0.717, 1.165) is 5.75 Å². The van der Waals surface area contributed by atoms with E-state index in [4.69, 9.17) is 10.0 Å². The van der Waals surface area contributed by atoms with Gasteiger partial charge in [0.15, 0.2) is 0 Å². The molecule has 0 atom stereocenters. The van der Waals surface area contributed by atoms with Gasteiger partial charge in [-0.1, -0.05) is 0 Å². The minimum atomic E-state index is -1.12. The lowest BCUT2D eigenvalue weighted by atomic mass is 9.88. The Bertz CT molecular complexity index is 41.9. The fraction of sp³-hybridized carbons (Fsp3) is 1.00. The minimum Gasteiger partial charge on any atom is -0.427 e. The van der Waals surface area contributed by atoms with Crippen molar-refractivity contribution in [3.05, 3.63) is 0 Å². The van der Waals surface area contributed by atoms with Crippen molar-refractivity contribution in [2.75, 3.05) is 12.0 Å². The zero-order chi connectivity index (χ0) is 5.70. The summed E-state index contributed by atoms with van der Waals surface area (Å²) in [7, 11) is -1.12. The van der Waals surface area contributed by atoms with E-state index in [1.54, 1.807) is 11.8 Å². The van der Waals surface area contributed by atoms with Crippen molar-refractivity contribution in [3.8, 4) is 0 Å². The SMILES string of the molecule is CSCCB(O)O. The summed E-state index contributed by atoms with van der Waals surface area (Å²) in [5, 5.41) is 16.5. The summed E-state index contributed by atoms with van der Waals surface area (Å²) in [6, 6.07) is 0. The zero-order valence-corrected chi connectivity index (χ0v) is 5.11. The van der Waals surface area contributed by atoms with Gasteiger partial charge in [-0.25, -0.2) is 0 Å². The highest BCUT2D eigenvalue weighted by atomic mass is 32.2. The number of thioether (sulfide) groups is 1. The Morgan fingerprint density at radius 3 is 2.29 bits per heavy atom. The van der Waals surface area contributed by atoms with Crippen LogP contribution in [0.25, 0.3) is 0 Å². The van der Waals surface area contributed by atoms with Crippen LogP contribution in [-0.4, -0.2) is 29.2 Å². The van der Waals surface area contributed by atoms with E-state index in [1.165, 1.54) is 0 Å². The van der Waals surface area contributed by atoms with E-state index in [-0.39, 0.29) is 0 Å². The van der Waals surface area contributed by atoms with E-state index in [1.807, 2.05) is 6.26 Å². The summed E-state index contributed by atoms with van der Waals surface area (Å²) < 4.78 is 0. The molecule has 7 heavy (non-hydrogen) atoms. The van der Waals surface area contributed by atoms with E-state index >= 15 is 0 Å². The smallest absolute Gasteiger partial charge is 0.427 e. The first kappa shape index (κ1) is 7.33. The van der Waals surface area contributed by atoms with Crippen LogP contribution in [0, 0.1) is 0 Å². The second-order valence-electron chi connectivity index (χ2n) is 1.26. The van der Waals surface area contributed by atoms with Crippen molar-refractivity contribution in [2.24, 2.45) is 0 Å². The van der Waals surface area contributed by atoms with Crippen LogP contribution in [-0.2, 0) is 0 Å². The average molecular weight is 120 g/mol. The van der Waals surface area contributed by atoms with Gasteiger partial charge in [0, 0.05) is 0 Å². The van der Waals surface area contributed by atoms with Crippen LogP contribution in [0.1, 0.15) is 0 Å². The maximum absolute atomic E-state index is 8.23. The summed E-state index contributed by atoms with van der Waals surface area (Å²) in [5.74, 6) is 0.817. The first-order valence-electron chi connectivity index (χ1n) is 2.12. The van der Waals surface area contributed by atoms with Gasteiger partial charge in [0.2, 0.25) is 0 Å². The van der Waals surface area contributed by atoms with Crippen molar-refractivity contribution >= 4 is 18.9 Å². The molecule has 0 aromatic heterocycles. The molecule has 0 aromatic carbocycles. The van der Waals surface area contributed by atoms with E-state index in [0.29, 0.717) is 6.32 Å². The van der Waals surface area contributed by atoms with Crippen molar-refractivity contribution in [1.82, 2.24) is 0 Å². The van der Waals surface area contributed by atoms with Crippen molar-refractivity contribution in [1.29, 1.82) is 0 Å². The first-order chi connectivity index (χ1) is 3.27. The monoisotopic (exact) mass is 120 g/mol. The van der Waals surface area contributed by atoms with Crippen LogP contribution in [0.4, 0.5) is 0 Å². The molecular formula is C3H9BO2S. The Hall–Kier alpha value is 0.335. The fourth-order valence-corrected chi connectivity index (χ4v) is 0.670. The Morgan fingerprint density at radius 2 is 2.14 bits per heavy atom. The van der Waals surface area contributed by atoms with Crippen molar-refractivity contribution in [2.45, 2.75) is 6.32 Å². The Balaban J connectivity index is 2.68. The predicted molar refractivity (Wildman–Crippen MR) is 33.4 cm³/mol. The summed E-state index contributed by atoms with van der Waals surface area (Å²) >= 11 is 1.61. The molecule has 0 aliphatic rings. The number of hydrogen-bond acceptors (Lipinski definition) is 3. The average Bonchev–Trinajstić information content (AvgIpc) is 1.61. The third-order valence-electron chi connectivity index (χ3n) is 0.580. The topological polar surface area (TPSA) is 40.5 Å². The molecule has 0 heterocycles. The highest BCUT2D eigenvalue weighted by Gasteiger charge is 2.02. The minimum absolute atomic E-state index is 0.473. The fourth-order valence-electron chi connectivity index (χ4n) is 0.223. The molecule has 0 aliphatic heterocycles. The molecule has 0 fully saturated rings. The van der Waals surface area contributed by atoms with Gasteiger partial charge in [-0.05, 0) is 18.3 Å². The Morgan fingerprint density at radius 1 is 1.57 bits per heavy atom. The van der Waals surface area contributed by atoms with Gasteiger partial charge >= 0.3 is 7.12 Å². The molecule has 0 amide bonds. The maximum Gasteiger partial charge on any atom is 0.452 e. The molecule has 0 saturated carbocycles. The molecule has 42 valence electrons. The molecule has 0 spiro atoms. The van der Waals surface area contributed by atoms with Gasteiger partial charge in [0.1, 0.15) is 0 Å². The lowest BCUT2D eigenvalue weighted by molar-refractivity contribution is 0.408. The molecule has 4 heteroatoms. The molecule has 0 aliphatic carbocycles. The van der Waals surface area contributed by atoms with Gasteiger partial charge in [0.25, 0.3) is 0 Å². The Kier molecular flexibility index (Phi) is 4.71. The summed E-state index contributed by atoms with van der Waals surface area (Å²) in [6.45, 7) is 0. The van der Waals surface area contributed by atoms with Crippen LogP contribution in [0.5, 0.6) is 0 Å². The maximum atomic E-state index is 8.23. The van der Waals surface area contributed by atoms with Gasteiger partial charge in [-0.15, -0.1) is 0 Å². The molecule has 0 aromatic rings. The van der Waals surface area contributed by atoms with Gasteiger partial charge in [-0.2, -0.15) is 11.8 Å². The second-order valence-corrected chi connectivity index (χ2v) is 2.25. The molecule has 0 rings (SSSR count). The van der Waals surface area contributed by atoms with E-state index in [2.05, 4.69) is 0 Å². The highest BCUT2D eigenvalue weighted by molar-refractivity contribution is 7.98. The van der Waals surface area contributed by atoms with Crippen molar-refractivity contribution in [3.63, 3.8) is 0 Å². The molecule has 0 unspecified atom stereocenters. The van der Waals surface area contributed by atoms with E-state index in [9.17, 15) is 0 Å². The lowest BCUT2D eigenvalue weighted by Crippen LogP contribution is -2.10. The quantitative estimate of drug-likeness (QED) is 0.507. The molecular weight excluding hydrogens is 111 g/mol. The standard InChI is InChI=1S/C3H9BO2S/c1-7-3-2-4(5)6/h5-6H,2-3H2,1H3. The third kappa shape index (κ3) is 6.33. The first-order valence-corrected chi connectivity index (χ1v) is 3.52. The van der Waals surface area contributed by atoms with Gasteiger partial charge in [-0.3, -0.25) is 0 Å². The van der Waals surface area contributed by atoms with E-state index < -0.39 is 7.12 Å². The summed E-state index contributed by atoms with van der Waals surface area (Å²) in [5.41, 5.74) is 0. The zero-order valence-electron chi connectivity index (χ0n) is 4.29. The van der Waals surface area contributed by atoms with Crippen molar-refractivity contribution < 1.29 is 10.0 Å². The molecule has 2 nitrogen and oxygen atoms in total. The third-order valence-corrected chi connectivity index (χ3v) is 1.22. The van der Waals surface area contributed by atoms with Crippen LogP contribution in [0.2, 0.25) is 6.32 Å². The lowest BCUT2D eigenvalue weighted by Gasteiger charge is -1.91. The van der Waals surface area contributed by atoms with Crippen LogP contribution < -0.4 is 0 Å². The van der Waals surface area contributed by atoms with Gasteiger partial charge in [0.05, 0.1) is 0 Å². The summed E-state index contributed by atoms with van der Waals surface area (Å²) in [4.78, 5) is 0. The highest BCUT2D eigenvalue weighted by Crippen LogP contribution is 1.95.